The minimum Gasteiger partial charge on any atom is -0.497 e. The zero-order valence-corrected chi connectivity index (χ0v) is 13.6. The summed E-state index contributed by atoms with van der Waals surface area (Å²) in [7, 11) is 5.25. The van der Waals surface area contributed by atoms with Crippen molar-refractivity contribution < 1.29 is 14.3 Å². The molecule has 1 aromatic heterocycles. The third-order valence-corrected chi connectivity index (χ3v) is 2.84. The van der Waals surface area contributed by atoms with Gasteiger partial charge in [-0.1, -0.05) is 5.21 Å². The minimum atomic E-state index is -0.557. The fraction of sp³-hybridized carbons (Fsp3) is 0.333. The molecule has 0 unspecified atom stereocenters. The molecule has 0 saturated heterocycles. The van der Waals surface area contributed by atoms with E-state index in [1.807, 2.05) is 14.1 Å². The fourth-order valence-corrected chi connectivity index (χ4v) is 1.79. The van der Waals surface area contributed by atoms with Crippen LogP contribution in [0.15, 0.2) is 29.3 Å². The average Bonchev–Trinajstić information content (AvgIpc) is 2.97. The molecular formula is C15H19N5O3. The van der Waals surface area contributed by atoms with Gasteiger partial charge >= 0.3 is 5.97 Å². The second-order valence-electron chi connectivity index (χ2n) is 4.80. The molecular weight excluding hydrogens is 298 g/mol. The zero-order chi connectivity index (χ0) is 16.8. The molecule has 1 aromatic carbocycles. The largest absolute Gasteiger partial charge is 0.497 e. The number of hydrogen-bond acceptors (Lipinski definition) is 6. The van der Waals surface area contributed by atoms with Crippen molar-refractivity contribution in [2.24, 2.45) is 4.99 Å². The Labute approximate surface area is 134 Å². The van der Waals surface area contributed by atoms with Gasteiger partial charge in [0, 0.05) is 14.1 Å². The molecule has 1 heterocycles. The van der Waals surface area contributed by atoms with Crippen LogP contribution in [-0.4, -0.2) is 60.0 Å². The highest BCUT2D eigenvalue weighted by atomic mass is 16.5. The van der Waals surface area contributed by atoms with Gasteiger partial charge < -0.3 is 14.4 Å². The fourth-order valence-electron chi connectivity index (χ4n) is 1.79. The molecule has 2 rings (SSSR count). The van der Waals surface area contributed by atoms with Gasteiger partial charge in [0.15, 0.2) is 5.82 Å². The topological polar surface area (TPSA) is 81.8 Å². The van der Waals surface area contributed by atoms with Crippen molar-refractivity contribution >= 4 is 18.1 Å². The zero-order valence-electron chi connectivity index (χ0n) is 13.6. The van der Waals surface area contributed by atoms with Gasteiger partial charge in [0.05, 0.1) is 25.7 Å². The van der Waals surface area contributed by atoms with Crippen molar-refractivity contribution in [2.75, 3.05) is 27.8 Å². The van der Waals surface area contributed by atoms with Crippen molar-refractivity contribution in [1.29, 1.82) is 0 Å². The summed E-state index contributed by atoms with van der Waals surface area (Å²) in [5, 5.41) is 7.92. The predicted molar refractivity (Wildman–Crippen MR) is 85.7 cm³/mol. The number of rotatable bonds is 6. The van der Waals surface area contributed by atoms with Gasteiger partial charge in [-0.05, 0) is 31.2 Å². The molecule has 0 N–H and O–H groups in total. The second kappa shape index (κ2) is 7.39. The van der Waals surface area contributed by atoms with Crippen LogP contribution in [0.4, 0.5) is 5.82 Å². The summed E-state index contributed by atoms with van der Waals surface area (Å²) in [6.45, 7) is 1.99. The van der Waals surface area contributed by atoms with Crippen LogP contribution in [0.25, 0.3) is 5.69 Å². The molecule has 0 aliphatic heterocycles. The summed E-state index contributed by atoms with van der Waals surface area (Å²) >= 11 is 0. The van der Waals surface area contributed by atoms with Crippen molar-refractivity contribution in [3.8, 4) is 11.4 Å². The number of benzene rings is 1. The maximum absolute atomic E-state index is 12.0. The van der Waals surface area contributed by atoms with Crippen LogP contribution in [0, 0.1) is 0 Å². The van der Waals surface area contributed by atoms with Crippen LogP contribution in [0.1, 0.15) is 17.4 Å². The molecule has 0 fully saturated rings. The standard InChI is InChI=1S/C15H19N5O3/c1-5-23-15(21)13-14(16-10-19(2)3)20(18-17-13)11-6-8-12(22-4)9-7-11/h6-10H,5H2,1-4H3/b16-10+. The van der Waals surface area contributed by atoms with Gasteiger partial charge in [-0.2, -0.15) is 4.68 Å². The van der Waals surface area contributed by atoms with E-state index in [1.54, 1.807) is 49.5 Å². The highest BCUT2D eigenvalue weighted by Crippen LogP contribution is 2.23. The number of methoxy groups -OCH3 is 1. The van der Waals surface area contributed by atoms with E-state index in [9.17, 15) is 4.79 Å². The lowest BCUT2D eigenvalue weighted by Gasteiger charge is -2.07. The first-order chi connectivity index (χ1) is 11.1. The van der Waals surface area contributed by atoms with E-state index < -0.39 is 5.97 Å². The van der Waals surface area contributed by atoms with Crippen molar-refractivity contribution in [3.05, 3.63) is 30.0 Å². The third-order valence-electron chi connectivity index (χ3n) is 2.84. The molecule has 0 atom stereocenters. The third kappa shape index (κ3) is 3.85. The lowest BCUT2D eigenvalue weighted by atomic mass is 10.3. The number of hydrogen-bond donors (Lipinski definition) is 0. The van der Waals surface area contributed by atoms with Crippen LogP contribution in [0.2, 0.25) is 0 Å². The lowest BCUT2D eigenvalue weighted by molar-refractivity contribution is 0.0520. The monoisotopic (exact) mass is 317 g/mol. The Hall–Kier alpha value is -2.90. The van der Waals surface area contributed by atoms with Crippen LogP contribution >= 0.6 is 0 Å². The molecule has 0 bridgehead atoms. The number of ether oxygens (including phenoxy) is 2. The number of carbonyl (C=O) groups is 1. The highest BCUT2D eigenvalue weighted by Gasteiger charge is 2.21. The van der Waals surface area contributed by atoms with E-state index in [-0.39, 0.29) is 12.3 Å². The van der Waals surface area contributed by atoms with Gasteiger partial charge in [0.25, 0.3) is 0 Å². The van der Waals surface area contributed by atoms with Gasteiger partial charge in [-0.15, -0.1) is 5.10 Å². The Balaban J connectivity index is 2.47. The quantitative estimate of drug-likeness (QED) is 0.458. The first-order valence-corrected chi connectivity index (χ1v) is 7.04. The van der Waals surface area contributed by atoms with Crippen molar-refractivity contribution in [1.82, 2.24) is 19.9 Å². The van der Waals surface area contributed by atoms with Gasteiger partial charge in [-0.25, -0.2) is 9.79 Å². The Morgan fingerprint density at radius 3 is 2.61 bits per heavy atom. The Morgan fingerprint density at radius 2 is 2.04 bits per heavy atom. The van der Waals surface area contributed by atoms with Crippen LogP contribution in [-0.2, 0) is 4.74 Å². The first-order valence-electron chi connectivity index (χ1n) is 7.04. The first kappa shape index (κ1) is 16.5. The number of aliphatic imine (C=N–C) groups is 1. The van der Waals surface area contributed by atoms with E-state index in [2.05, 4.69) is 15.3 Å². The van der Waals surface area contributed by atoms with Crippen LogP contribution in [0.5, 0.6) is 5.75 Å². The maximum atomic E-state index is 12.0. The smallest absolute Gasteiger partial charge is 0.362 e. The summed E-state index contributed by atoms with van der Waals surface area (Å²) in [6.07, 6.45) is 1.57. The minimum absolute atomic E-state index is 0.0702. The normalized spacial score (nSPS) is 10.8. The van der Waals surface area contributed by atoms with Crippen molar-refractivity contribution in [3.63, 3.8) is 0 Å². The molecule has 0 aliphatic carbocycles. The number of aromatic nitrogens is 3. The molecule has 0 spiro atoms. The van der Waals surface area contributed by atoms with E-state index >= 15 is 0 Å². The number of carbonyl (C=O) groups excluding carboxylic acids is 1. The molecule has 0 amide bonds. The molecule has 0 radical (unpaired) electrons. The number of nitrogens with zero attached hydrogens (tertiary/aromatic N) is 5. The van der Waals surface area contributed by atoms with E-state index in [0.717, 1.165) is 5.75 Å². The lowest BCUT2D eigenvalue weighted by Crippen LogP contribution is -2.09. The molecule has 0 saturated carbocycles. The summed E-state index contributed by atoms with van der Waals surface area (Å²) in [4.78, 5) is 18.1. The van der Waals surface area contributed by atoms with Gasteiger partial charge in [0.1, 0.15) is 5.75 Å². The predicted octanol–water partition coefficient (Wildman–Crippen LogP) is 1.67. The van der Waals surface area contributed by atoms with Crippen molar-refractivity contribution in [2.45, 2.75) is 6.92 Å². The highest BCUT2D eigenvalue weighted by molar-refractivity contribution is 5.92. The second-order valence-corrected chi connectivity index (χ2v) is 4.80. The Bertz CT molecular complexity index is 692. The van der Waals surface area contributed by atoms with E-state index in [1.165, 1.54) is 4.68 Å². The Kier molecular flexibility index (Phi) is 5.29. The Morgan fingerprint density at radius 1 is 1.35 bits per heavy atom. The maximum Gasteiger partial charge on any atom is 0.362 e. The summed E-state index contributed by atoms with van der Waals surface area (Å²) in [5.74, 6) is 0.471. The van der Waals surface area contributed by atoms with E-state index in [4.69, 9.17) is 9.47 Å². The van der Waals surface area contributed by atoms with Gasteiger partial charge in [-0.3, -0.25) is 0 Å². The molecule has 8 nitrogen and oxygen atoms in total. The molecule has 0 aliphatic rings. The molecule has 2 aromatic rings. The van der Waals surface area contributed by atoms with Crippen LogP contribution in [0.3, 0.4) is 0 Å². The summed E-state index contributed by atoms with van der Waals surface area (Å²) in [6, 6.07) is 7.19. The summed E-state index contributed by atoms with van der Waals surface area (Å²) in [5.41, 5.74) is 0.778. The van der Waals surface area contributed by atoms with Gasteiger partial charge in [0.2, 0.25) is 5.69 Å². The molecule has 122 valence electrons. The SMILES string of the molecule is CCOC(=O)c1nnn(-c2ccc(OC)cc2)c1/N=C/N(C)C. The van der Waals surface area contributed by atoms with Crippen LogP contribution < -0.4 is 4.74 Å². The average molecular weight is 317 g/mol. The van der Waals surface area contributed by atoms with E-state index in [0.29, 0.717) is 11.5 Å². The summed E-state index contributed by atoms with van der Waals surface area (Å²) < 4.78 is 11.6. The molecule has 8 heteroatoms. The number of esters is 1. The molecule has 23 heavy (non-hydrogen) atoms.